The van der Waals surface area contributed by atoms with Crippen molar-refractivity contribution in [3.8, 4) is 5.75 Å². The summed E-state index contributed by atoms with van der Waals surface area (Å²) in [7, 11) is 1.53. The molecule has 0 heterocycles. The number of halogens is 1. The lowest BCUT2D eigenvalue weighted by atomic mass is 10.0. The monoisotopic (exact) mass is 231 g/mol. The largest absolute Gasteiger partial charge is 0.496 e. The van der Waals surface area contributed by atoms with Crippen LogP contribution in [-0.4, -0.2) is 18.2 Å². The molecular weight excluding hydrogens is 218 g/mol. The number of carboxylic acid groups (broad SMARTS) is 1. The van der Waals surface area contributed by atoms with E-state index in [1.54, 1.807) is 18.2 Å². The van der Waals surface area contributed by atoms with E-state index >= 15 is 0 Å². The lowest BCUT2D eigenvalue weighted by molar-refractivity contribution is -0.137. The van der Waals surface area contributed by atoms with E-state index in [2.05, 4.69) is 0 Å². The third kappa shape index (κ3) is 3.77. The van der Waals surface area contributed by atoms with Crippen LogP contribution in [0.5, 0.6) is 5.75 Å². The zero-order valence-corrected chi connectivity index (χ0v) is 9.16. The molecule has 4 nitrogen and oxygen atoms in total. The maximum atomic E-state index is 10.5. The van der Waals surface area contributed by atoms with Crippen LogP contribution < -0.4 is 10.5 Å². The van der Waals surface area contributed by atoms with Gasteiger partial charge in [-0.15, -0.1) is 12.4 Å². The Balaban J connectivity index is 0.00000196. The smallest absolute Gasteiger partial charge is 0.305 e. The number of benzene rings is 1. The molecule has 0 aliphatic heterocycles. The first-order chi connectivity index (χ1) is 6.65. The van der Waals surface area contributed by atoms with Crippen LogP contribution in [0.4, 0.5) is 0 Å². The van der Waals surface area contributed by atoms with Crippen molar-refractivity contribution in [2.24, 2.45) is 5.73 Å². The molecule has 0 aliphatic rings. The third-order valence-corrected chi connectivity index (χ3v) is 1.93. The maximum absolute atomic E-state index is 10.5. The molecular formula is C10H14ClNO3. The van der Waals surface area contributed by atoms with Gasteiger partial charge in [-0.25, -0.2) is 0 Å². The Morgan fingerprint density at radius 2 is 2.13 bits per heavy atom. The number of methoxy groups -OCH3 is 1. The molecule has 84 valence electrons. The molecule has 0 spiro atoms. The number of ether oxygens (including phenoxy) is 1. The molecule has 0 saturated heterocycles. The van der Waals surface area contributed by atoms with E-state index < -0.39 is 12.0 Å². The van der Waals surface area contributed by atoms with Crippen molar-refractivity contribution >= 4 is 18.4 Å². The first kappa shape index (κ1) is 13.7. The van der Waals surface area contributed by atoms with Gasteiger partial charge >= 0.3 is 5.97 Å². The minimum atomic E-state index is -0.914. The van der Waals surface area contributed by atoms with Gasteiger partial charge in [0.2, 0.25) is 0 Å². The average molecular weight is 232 g/mol. The summed E-state index contributed by atoms with van der Waals surface area (Å²) < 4.78 is 5.08. The van der Waals surface area contributed by atoms with Gasteiger partial charge in [0.25, 0.3) is 0 Å². The van der Waals surface area contributed by atoms with E-state index in [0.717, 1.165) is 5.56 Å². The minimum Gasteiger partial charge on any atom is -0.496 e. The lowest BCUT2D eigenvalue weighted by Crippen LogP contribution is -2.15. The van der Waals surface area contributed by atoms with Crippen molar-refractivity contribution in [1.82, 2.24) is 0 Å². The Morgan fingerprint density at radius 1 is 1.53 bits per heavy atom. The highest BCUT2D eigenvalue weighted by molar-refractivity contribution is 5.85. The Bertz CT molecular complexity index is 330. The molecule has 1 aromatic rings. The summed E-state index contributed by atoms with van der Waals surface area (Å²) in [6.45, 7) is 0. The molecule has 3 N–H and O–H groups in total. The Labute approximate surface area is 94.5 Å². The minimum absolute atomic E-state index is 0. The Hall–Kier alpha value is -1.26. The van der Waals surface area contributed by atoms with E-state index in [9.17, 15) is 4.79 Å². The highest BCUT2D eigenvalue weighted by atomic mass is 35.5. The molecule has 0 unspecified atom stereocenters. The Morgan fingerprint density at radius 3 is 2.67 bits per heavy atom. The second-order valence-corrected chi connectivity index (χ2v) is 2.95. The number of para-hydroxylation sites is 1. The number of hydrogen-bond donors (Lipinski definition) is 2. The van der Waals surface area contributed by atoms with Crippen molar-refractivity contribution in [2.45, 2.75) is 12.5 Å². The quantitative estimate of drug-likeness (QED) is 0.826. The van der Waals surface area contributed by atoms with Gasteiger partial charge in [-0.1, -0.05) is 18.2 Å². The van der Waals surface area contributed by atoms with Crippen molar-refractivity contribution in [3.63, 3.8) is 0 Å². The van der Waals surface area contributed by atoms with Gasteiger partial charge in [-0.3, -0.25) is 4.79 Å². The van der Waals surface area contributed by atoms with Gasteiger partial charge in [0, 0.05) is 11.6 Å². The first-order valence-electron chi connectivity index (χ1n) is 4.25. The summed E-state index contributed by atoms with van der Waals surface area (Å²) in [5.41, 5.74) is 6.43. The molecule has 1 atom stereocenters. The second-order valence-electron chi connectivity index (χ2n) is 2.95. The number of rotatable bonds is 4. The average Bonchev–Trinajstić information content (AvgIpc) is 2.16. The molecule has 0 fully saturated rings. The third-order valence-electron chi connectivity index (χ3n) is 1.93. The van der Waals surface area contributed by atoms with Gasteiger partial charge in [0.15, 0.2) is 0 Å². The summed E-state index contributed by atoms with van der Waals surface area (Å²) in [5, 5.41) is 8.59. The van der Waals surface area contributed by atoms with E-state index in [-0.39, 0.29) is 18.8 Å². The van der Waals surface area contributed by atoms with Crippen molar-refractivity contribution < 1.29 is 14.6 Å². The fraction of sp³-hybridized carbons (Fsp3) is 0.300. The van der Waals surface area contributed by atoms with Crippen LogP contribution in [0.15, 0.2) is 24.3 Å². The molecule has 0 amide bonds. The van der Waals surface area contributed by atoms with Crippen LogP contribution in [0.2, 0.25) is 0 Å². The summed E-state index contributed by atoms with van der Waals surface area (Å²) in [6, 6.07) is 6.63. The predicted octanol–water partition coefficient (Wildman–Crippen LogP) is 1.59. The standard InChI is InChI=1S/C10H13NO3.ClH/c1-14-9-5-3-2-4-7(9)8(11)6-10(12)13;/h2-5,8H,6,11H2,1H3,(H,12,13);1H/t8-;/m1./s1. The van der Waals surface area contributed by atoms with E-state index in [0.29, 0.717) is 5.75 Å². The zero-order chi connectivity index (χ0) is 10.6. The number of aliphatic carboxylic acids is 1. The van der Waals surface area contributed by atoms with Crippen molar-refractivity contribution in [1.29, 1.82) is 0 Å². The summed E-state index contributed by atoms with van der Waals surface area (Å²) in [5.74, 6) is -0.287. The van der Waals surface area contributed by atoms with Crippen LogP contribution in [0.25, 0.3) is 0 Å². The SMILES string of the molecule is COc1ccccc1[C@H](N)CC(=O)O.Cl. The van der Waals surface area contributed by atoms with E-state index in [1.165, 1.54) is 7.11 Å². The van der Waals surface area contributed by atoms with Crippen LogP contribution >= 0.6 is 12.4 Å². The van der Waals surface area contributed by atoms with Gasteiger partial charge in [-0.05, 0) is 6.07 Å². The number of nitrogens with two attached hydrogens (primary N) is 1. The molecule has 0 aliphatic carbocycles. The molecule has 0 radical (unpaired) electrons. The van der Waals surface area contributed by atoms with Gasteiger partial charge < -0.3 is 15.6 Å². The maximum Gasteiger partial charge on any atom is 0.305 e. The van der Waals surface area contributed by atoms with Crippen LogP contribution in [0.3, 0.4) is 0 Å². The van der Waals surface area contributed by atoms with Crippen LogP contribution in [-0.2, 0) is 4.79 Å². The highest BCUT2D eigenvalue weighted by Crippen LogP contribution is 2.24. The van der Waals surface area contributed by atoms with Crippen LogP contribution in [0.1, 0.15) is 18.0 Å². The second kappa shape index (κ2) is 6.27. The summed E-state index contributed by atoms with van der Waals surface area (Å²) in [4.78, 5) is 10.5. The molecule has 0 saturated carbocycles. The zero-order valence-electron chi connectivity index (χ0n) is 8.34. The fourth-order valence-corrected chi connectivity index (χ4v) is 1.27. The van der Waals surface area contributed by atoms with Crippen LogP contribution in [0, 0.1) is 0 Å². The van der Waals surface area contributed by atoms with E-state index in [4.69, 9.17) is 15.6 Å². The summed E-state index contributed by atoms with van der Waals surface area (Å²) in [6.07, 6.45) is -0.0969. The van der Waals surface area contributed by atoms with Crippen molar-refractivity contribution in [3.05, 3.63) is 29.8 Å². The topological polar surface area (TPSA) is 72.5 Å². The number of carbonyl (C=O) groups is 1. The van der Waals surface area contributed by atoms with Crippen molar-refractivity contribution in [2.75, 3.05) is 7.11 Å². The van der Waals surface area contributed by atoms with Gasteiger partial charge in [0.05, 0.1) is 13.5 Å². The number of carboxylic acids is 1. The normalized spacial score (nSPS) is 11.3. The molecule has 0 bridgehead atoms. The molecule has 1 rings (SSSR count). The van der Waals surface area contributed by atoms with Gasteiger partial charge in [0.1, 0.15) is 5.75 Å². The lowest BCUT2D eigenvalue weighted by Gasteiger charge is -2.13. The van der Waals surface area contributed by atoms with Gasteiger partial charge in [-0.2, -0.15) is 0 Å². The summed E-state index contributed by atoms with van der Waals surface area (Å²) >= 11 is 0. The predicted molar refractivity (Wildman–Crippen MR) is 59.4 cm³/mol. The molecule has 15 heavy (non-hydrogen) atoms. The molecule has 1 aromatic carbocycles. The first-order valence-corrected chi connectivity index (χ1v) is 4.25. The number of hydrogen-bond acceptors (Lipinski definition) is 3. The Kier molecular flexibility index (Phi) is 5.74. The fourth-order valence-electron chi connectivity index (χ4n) is 1.27. The highest BCUT2D eigenvalue weighted by Gasteiger charge is 2.14. The van der Waals surface area contributed by atoms with E-state index in [1.807, 2.05) is 6.07 Å². The molecule has 5 heteroatoms. The molecule has 0 aromatic heterocycles.